The highest BCUT2D eigenvalue weighted by Crippen LogP contribution is 2.37. The van der Waals surface area contributed by atoms with Gasteiger partial charge in [-0.1, -0.05) is 127 Å². The van der Waals surface area contributed by atoms with Crippen LogP contribution in [0.25, 0.3) is 78.6 Å². The zero-order chi connectivity index (χ0) is 28.6. The number of hydrogen-bond donors (Lipinski definition) is 0. The molecule has 5 aromatic carbocycles. The lowest BCUT2D eigenvalue weighted by molar-refractivity contribution is 0.653. The summed E-state index contributed by atoms with van der Waals surface area (Å²) in [5.74, 6) is 1.30. The van der Waals surface area contributed by atoms with Crippen LogP contribution in [0.5, 0.6) is 0 Å². The first-order valence-electron chi connectivity index (χ1n) is 14.2. The van der Waals surface area contributed by atoms with Gasteiger partial charge in [-0.2, -0.15) is 4.98 Å². The third-order valence-corrected chi connectivity index (χ3v) is 7.53. The van der Waals surface area contributed by atoms with Crippen LogP contribution in [0.3, 0.4) is 0 Å². The van der Waals surface area contributed by atoms with E-state index in [1.807, 2.05) is 97.1 Å². The molecule has 0 spiro atoms. The van der Waals surface area contributed by atoms with Crippen LogP contribution in [0.2, 0.25) is 0 Å². The standard InChI is InChI=1S/C38H24N4O/c1-4-13-25(14-5-1)31-24-32(40-36(39-31)26-15-6-2-7-16-26)28-19-12-20-29(23-28)35-34-30-21-10-11-22-33(30)43-38(34)42-37(41-35)27-17-8-3-9-18-27/h1-24H. The fourth-order valence-corrected chi connectivity index (χ4v) is 5.44. The summed E-state index contributed by atoms with van der Waals surface area (Å²) in [5.41, 5.74) is 8.72. The maximum atomic E-state index is 6.25. The number of nitrogens with zero attached hydrogens (tertiary/aromatic N) is 4. The quantitative estimate of drug-likeness (QED) is 0.213. The van der Waals surface area contributed by atoms with Crippen LogP contribution in [0, 0.1) is 0 Å². The van der Waals surface area contributed by atoms with Crippen molar-refractivity contribution >= 4 is 22.1 Å². The highest BCUT2D eigenvalue weighted by atomic mass is 16.3. The molecule has 43 heavy (non-hydrogen) atoms. The lowest BCUT2D eigenvalue weighted by Gasteiger charge is -2.11. The Labute approximate surface area is 248 Å². The van der Waals surface area contributed by atoms with Gasteiger partial charge in [0.1, 0.15) is 5.58 Å². The van der Waals surface area contributed by atoms with E-state index in [-0.39, 0.29) is 0 Å². The molecular formula is C38H24N4O. The SMILES string of the molecule is c1ccc(-c2cc(-c3cccc(-c4nc(-c5ccccc5)nc5oc6ccccc6c45)c3)nc(-c3ccccc3)n2)cc1. The summed E-state index contributed by atoms with van der Waals surface area (Å²) in [5, 5.41) is 1.88. The maximum absolute atomic E-state index is 6.25. The van der Waals surface area contributed by atoms with Gasteiger partial charge in [0.15, 0.2) is 11.6 Å². The van der Waals surface area contributed by atoms with Crippen LogP contribution < -0.4 is 0 Å². The van der Waals surface area contributed by atoms with Crippen LogP contribution in [-0.4, -0.2) is 19.9 Å². The third kappa shape index (κ3) is 4.63. The number of hydrogen-bond acceptors (Lipinski definition) is 5. The predicted molar refractivity (Wildman–Crippen MR) is 172 cm³/mol. The van der Waals surface area contributed by atoms with Crippen molar-refractivity contribution in [2.24, 2.45) is 0 Å². The Kier molecular flexibility index (Phi) is 6.05. The van der Waals surface area contributed by atoms with Crippen molar-refractivity contribution in [2.45, 2.75) is 0 Å². The summed E-state index contributed by atoms with van der Waals surface area (Å²) in [6, 6.07) is 48.7. The molecule has 0 radical (unpaired) electrons. The first kappa shape index (κ1) is 24.8. The average Bonchev–Trinajstić information content (AvgIpc) is 3.47. The summed E-state index contributed by atoms with van der Waals surface area (Å²) in [6.45, 7) is 0. The van der Waals surface area contributed by atoms with Crippen LogP contribution in [-0.2, 0) is 0 Å². The summed E-state index contributed by atoms with van der Waals surface area (Å²) in [4.78, 5) is 20.0. The molecule has 0 aliphatic carbocycles. The molecule has 0 fully saturated rings. The lowest BCUT2D eigenvalue weighted by atomic mass is 10.0. The molecule has 0 aliphatic rings. The van der Waals surface area contributed by atoms with Crippen molar-refractivity contribution in [3.8, 4) is 56.5 Å². The summed E-state index contributed by atoms with van der Waals surface area (Å²) in [7, 11) is 0. The molecule has 0 amide bonds. The number of fused-ring (bicyclic) bond motifs is 3. The van der Waals surface area contributed by atoms with Gasteiger partial charge in [0.2, 0.25) is 5.71 Å². The van der Waals surface area contributed by atoms with Gasteiger partial charge in [0.25, 0.3) is 0 Å². The molecule has 3 heterocycles. The Morgan fingerprint density at radius 1 is 0.395 bits per heavy atom. The van der Waals surface area contributed by atoms with Gasteiger partial charge >= 0.3 is 0 Å². The molecular weight excluding hydrogens is 528 g/mol. The van der Waals surface area contributed by atoms with E-state index in [0.29, 0.717) is 17.4 Å². The van der Waals surface area contributed by atoms with Crippen molar-refractivity contribution in [2.75, 3.05) is 0 Å². The Hall–Kier alpha value is -5.94. The molecule has 8 rings (SSSR count). The molecule has 202 valence electrons. The fourth-order valence-electron chi connectivity index (χ4n) is 5.44. The zero-order valence-electron chi connectivity index (χ0n) is 23.1. The van der Waals surface area contributed by atoms with E-state index >= 15 is 0 Å². The molecule has 0 aliphatic heterocycles. The number of aromatic nitrogens is 4. The summed E-state index contributed by atoms with van der Waals surface area (Å²) >= 11 is 0. The zero-order valence-corrected chi connectivity index (χ0v) is 23.1. The minimum atomic E-state index is 0.565. The van der Waals surface area contributed by atoms with Crippen LogP contribution in [0.15, 0.2) is 150 Å². The molecule has 8 aromatic rings. The summed E-state index contributed by atoms with van der Waals surface area (Å²) < 4.78 is 6.25. The normalized spacial score (nSPS) is 11.3. The van der Waals surface area contributed by atoms with Crippen molar-refractivity contribution in [1.82, 2.24) is 19.9 Å². The van der Waals surface area contributed by atoms with Crippen LogP contribution >= 0.6 is 0 Å². The first-order chi connectivity index (χ1) is 21.3. The van der Waals surface area contributed by atoms with E-state index in [0.717, 1.165) is 61.3 Å². The Morgan fingerprint density at radius 3 is 1.63 bits per heavy atom. The number of rotatable bonds is 5. The number of furan rings is 1. The molecule has 5 nitrogen and oxygen atoms in total. The van der Waals surface area contributed by atoms with Crippen molar-refractivity contribution in [3.63, 3.8) is 0 Å². The Bertz CT molecular complexity index is 2170. The minimum absolute atomic E-state index is 0.565. The van der Waals surface area contributed by atoms with Gasteiger partial charge in [0.05, 0.1) is 22.5 Å². The molecule has 0 bridgehead atoms. The van der Waals surface area contributed by atoms with Gasteiger partial charge in [-0.25, -0.2) is 15.0 Å². The van der Waals surface area contributed by atoms with Gasteiger partial charge in [0, 0.05) is 33.2 Å². The van der Waals surface area contributed by atoms with Crippen molar-refractivity contribution in [1.29, 1.82) is 0 Å². The monoisotopic (exact) mass is 552 g/mol. The molecule has 0 N–H and O–H groups in total. The Balaban J connectivity index is 1.34. The fraction of sp³-hybridized carbons (Fsp3) is 0. The second-order valence-corrected chi connectivity index (χ2v) is 10.3. The van der Waals surface area contributed by atoms with E-state index in [1.54, 1.807) is 0 Å². The largest absolute Gasteiger partial charge is 0.438 e. The highest BCUT2D eigenvalue weighted by Gasteiger charge is 2.19. The molecule has 0 saturated carbocycles. The van der Waals surface area contributed by atoms with Crippen LogP contribution in [0.1, 0.15) is 0 Å². The topological polar surface area (TPSA) is 64.7 Å². The molecule has 5 heteroatoms. The highest BCUT2D eigenvalue weighted by molar-refractivity contribution is 6.10. The molecule has 0 unspecified atom stereocenters. The lowest BCUT2D eigenvalue weighted by Crippen LogP contribution is -1.97. The maximum Gasteiger partial charge on any atom is 0.231 e. The molecule has 3 aromatic heterocycles. The second-order valence-electron chi connectivity index (χ2n) is 10.3. The number of para-hydroxylation sites is 1. The third-order valence-electron chi connectivity index (χ3n) is 7.53. The van der Waals surface area contributed by atoms with Gasteiger partial charge in [-0.05, 0) is 18.2 Å². The van der Waals surface area contributed by atoms with E-state index in [9.17, 15) is 0 Å². The summed E-state index contributed by atoms with van der Waals surface area (Å²) in [6.07, 6.45) is 0. The van der Waals surface area contributed by atoms with E-state index in [4.69, 9.17) is 24.4 Å². The van der Waals surface area contributed by atoms with Crippen molar-refractivity contribution in [3.05, 3.63) is 146 Å². The van der Waals surface area contributed by atoms with Gasteiger partial charge in [-0.3, -0.25) is 0 Å². The minimum Gasteiger partial charge on any atom is -0.438 e. The van der Waals surface area contributed by atoms with Gasteiger partial charge in [-0.15, -0.1) is 0 Å². The average molecular weight is 553 g/mol. The van der Waals surface area contributed by atoms with E-state index in [2.05, 4.69) is 48.5 Å². The first-order valence-corrected chi connectivity index (χ1v) is 14.2. The Morgan fingerprint density at radius 2 is 0.930 bits per heavy atom. The smallest absolute Gasteiger partial charge is 0.231 e. The van der Waals surface area contributed by atoms with E-state index in [1.165, 1.54) is 0 Å². The molecule has 0 saturated heterocycles. The number of benzene rings is 5. The molecule has 0 atom stereocenters. The van der Waals surface area contributed by atoms with Crippen LogP contribution in [0.4, 0.5) is 0 Å². The predicted octanol–water partition coefficient (Wildman–Crippen LogP) is 9.50. The second kappa shape index (κ2) is 10.5. The van der Waals surface area contributed by atoms with Crippen molar-refractivity contribution < 1.29 is 4.42 Å². The van der Waals surface area contributed by atoms with Gasteiger partial charge < -0.3 is 4.42 Å². The van der Waals surface area contributed by atoms with E-state index < -0.39 is 0 Å².